The molecule has 0 saturated carbocycles. The van der Waals surface area contributed by atoms with Crippen molar-refractivity contribution >= 4 is 60.2 Å². The van der Waals surface area contributed by atoms with Gasteiger partial charge in [-0.15, -0.1) is 0 Å². The summed E-state index contributed by atoms with van der Waals surface area (Å²) in [6.45, 7) is 0. The van der Waals surface area contributed by atoms with Crippen molar-refractivity contribution in [3.8, 4) is 22.3 Å². The molecular weight excluding hydrogens is 567 g/mol. The maximum atomic E-state index is 2.41. The summed E-state index contributed by atoms with van der Waals surface area (Å²) in [5.74, 6) is 0. The predicted molar refractivity (Wildman–Crippen MR) is 202 cm³/mol. The molecule has 9 aromatic rings. The maximum Gasteiger partial charge on any atom is 0.0540 e. The number of hydrogen-bond acceptors (Lipinski definition) is 1. The van der Waals surface area contributed by atoms with E-state index in [1.165, 1.54) is 65.3 Å². The summed E-state index contributed by atoms with van der Waals surface area (Å²) in [6, 6.07) is 68.3. The maximum absolute atomic E-state index is 2.41. The Kier molecular flexibility index (Phi) is 6.54. The summed E-state index contributed by atoms with van der Waals surface area (Å²) in [5.41, 5.74) is 8.18. The molecule has 0 saturated heterocycles. The van der Waals surface area contributed by atoms with E-state index in [1.54, 1.807) is 0 Å². The van der Waals surface area contributed by atoms with Gasteiger partial charge in [0.15, 0.2) is 0 Å². The van der Waals surface area contributed by atoms with Crippen molar-refractivity contribution in [1.82, 2.24) is 0 Å². The van der Waals surface area contributed by atoms with Crippen LogP contribution in [0.3, 0.4) is 0 Å². The zero-order valence-electron chi connectivity index (χ0n) is 25.8. The number of anilines is 3. The highest BCUT2D eigenvalue weighted by Crippen LogP contribution is 2.43. The van der Waals surface area contributed by atoms with E-state index in [9.17, 15) is 0 Å². The van der Waals surface area contributed by atoms with E-state index in [0.29, 0.717) is 0 Å². The summed E-state index contributed by atoms with van der Waals surface area (Å²) in [5, 5.41) is 10.1. The van der Waals surface area contributed by atoms with E-state index in [1.807, 2.05) is 0 Å². The van der Waals surface area contributed by atoms with Crippen LogP contribution >= 0.6 is 0 Å². The summed E-state index contributed by atoms with van der Waals surface area (Å²) in [4.78, 5) is 2.41. The van der Waals surface area contributed by atoms with Crippen LogP contribution in [-0.4, -0.2) is 0 Å². The molecule has 0 unspecified atom stereocenters. The van der Waals surface area contributed by atoms with Gasteiger partial charge in [-0.05, 0) is 96.2 Å². The van der Waals surface area contributed by atoms with Crippen molar-refractivity contribution in [3.05, 3.63) is 188 Å². The summed E-state index contributed by atoms with van der Waals surface area (Å²) >= 11 is 0. The van der Waals surface area contributed by atoms with E-state index in [4.69, 9.17) is 0 Å². The van der Waals surface area contributed by atoms with Crippen LogP contribution < -0.4 is 4.90 Å². The first kappa shape index (κ1) is 27.2. The quantitative estimate of drug-likeness (QED) is 0.178. The molecule has 0 N–H and O–H groups in total. The SMILES string of the molecule is c1ccc(-c2ccccc2N(c2ccc(-c3ccc4ccccc4c3)cc2)c2ccc3ccc4c5ccccc5ccc4c3c2)cc1. The average Bonchev–Trinajstić information content (AvgIpc) is 3.15. The van der Waals surface area contributed by atoms with Crippen LogP contribution in [0.5, 0.6) is 0 Å². The van der Waals surface area contributed by atoms with Gasteiger partial charge in [-0.3, -0.25) is 0 Å². The molecule has 0 bridgehead atoms. The molecule has 1 heteroatoms. The Hall–Kier alpha value is -6.18. The molecule has 0 radical (unpaired) electrons. The van der Waals surface area contributed by atoms with Crippen molar-refractivity contribution in [2.45, 2.75) is 0 Å². The second-order valence-electron chi connectivity index (χ2n) is 12.2. The minimum Gasteiger partial charge on any atom is -0.310 e. The first-order valence-corrected chi connectivity index (χ1v) is 16.2. The summed E-state index contributed by atoms with van der Waals surface area (Å²) < 4.78 is 0. The first-order chi connectivity index (χ1) is 23.3. The summed E-state index contributed by atoms with van der Waals surface area (Å²) in [7, 11) is 0. The van der Waals surface area contributed by atoms with Crippen LogP contribution in [0.2, 0.25) is 0 Å². The second kappa shape index (κ2) is 11.3. The van der Waals surface area contributed by atoms with Crippen molar-refractivity contribution in [2.24, 2.45) is 0 Å². The largest absolute Gasteiger partial charge is 0.310 e. The molecule has 0 atom stereocenters. The van der Waals surface area contributed by atoms with E-state index >= 15 is 0 Å². The smallest absolute Gasteiger partial charge is 0.0540 e. The Morgan fingerprint density at radius 3 is 1.68 bits per heavy atom. The fourth-order valence-corrected chi connectivity index (χ4v) is 7.07. The number of para-hydroxylation sites is 1. The number of benzene rings is 9. The molecule has 0 heterocycles. The van der Waals surface area contributed by atoms with Crippen molar-refractivity contribution < 1.29 is 0 Å². The lowest BCUT2D eigenvalue weighted by atomic mass is 9.96. The van der Waals surface area contributed by atoms with Crippen LogP contribution in [0.15, 0.2) is 188 Å². The lowest BCUT2D eigenvalue weighted by molar-refractivity contribution is 1.29. The van der Waals surface area contributed by atoms with E-state index < -0.39 is 0 Å². The van der Waals surface area contributed by atoms with Crippen molar-refractivity contribution in [1.29, 1.82) is 0 Å². The molecule has 47 heavy (non-hydrogen) atoms. The Bertz CT molecular complexity index is 2560. The fourth-order valence-electron chi connectivity index (χ4n) is 7.07. The van der Waals surface area contributed by atoms with Gasteiger partial charge in [0.2, 0.25) is 0 Å². The molecule has 0 aliphatic carbocycles. The van der Waals surface area contributed by atoms with Crippen LogP contribution in [-0.2, 0) is 0 Å². The Morgan fingerprint density at radius 1 is 0.277 bits per heavy atom. The number of nitrogens with zero attached hydrogens (tertiary/aromatic N) is 1. The molecule has 0 aliphatic rings. The molecule has 1 nitrogen and oxygen atoms in total. The third kappa shape index (κ3) is 4.81. The van der Waals surface area contributed by atoms with Gasteiger partial charge in [0.1, 0.15) is 0 Å². The zero-order chi connectivity index (χ0) is 31.2. The van der Waals surface area contributed by atoms with Gasteiger partial charge in [-0.2, -0.15) is 0 Å². The molecule has 9 rings (SSSR count). The lowest BCUT2D eigenvalue weighted by Crippen LogP contribution is -2.11. The highest BCUT2D eigenvalue weighted by molar-refractivity contribution is 6.18. The topological polar surface area (TPSA) is 3.24 Å². The van der Waals surface area contributed by atoms with Crippen molar-refractivity contribution in [3.63, 3.8) is 0 Å². The van der Waals surface area contributed by atoms with Gasteiger partial charge in [0, 0.05) is 16.9 Å². The molecule has 0 amide bonds. The Balaban J connectivity index is 1.24. The number of fused-ring (bicyclic) bond motifs is 6. The second-order valence-corrected chi connectivity index (χ2v) is 12.2. The van der Waals surface area contributed by atoms with Crippen LogP contribution in [0.25, 0.3) is 65.3 Å². The van der Waals surface area contributed by atoms with Crippen LogP contribution in [0.1, 0.15) is 0 Å². The minimum atomic E-state index is 1.11. The molecule has 0 spiro atoms. The number of hydrogen-bond donors (Lipinski definition) is 0. The first-order valence-electron chi connectivity index (χ1n) is 16.2. The highest BCUT2D eigenvalue weighted by atomic mass is 15.1. The minimum absolute atomic E-state index is 1.11. The molecular formula is C46H31N. The van der Waals surface area contributed by atoms with E-state index in [2.05, 4.69) is 193 Å². The van der Waals surface area contributed by atoms with Gasteiger partial charge < -0.3 is 4.90 Å². The Morgan fingerprint density at radius 2 is 0.851 bits per heavy atom. The Labute approximate surface area is 274 Å². The highest BCUT2D eigenvalue weighted by Gasteiger charge is 2.18. The molecule has 0 fully saturated rings. The molecule has 220 valence electrons. The molecule has 0 aliphatic heterocycles. The van der Waals surface area contributed by atoms with Gasteiger partial charge in [-0.25, -0.2) is 0 Å². The van der Waals surface area contributed by atoms with Gasteiger partial charge >= 0.3 is 0 Å². The van der Waals surface area contributed by atoms with Crippen LogP contribution in [0.4, 0.5) is 17.1 Å². The van der Waals surface area contributed by atoms with Crippen LogP contribution in [0, 0.1) is 0 Å². The number of rotatable bonds is 5. The molecule has 9 aromatic carbocycles. The standard InChI is InChI=1S/C46H31N/c1-2-11-34(12-3-1)42-16-8-9-17-46(42)47(39-25-20-33(21-26-39)38-19-18-32-10-4-5-14-37(32)30-38)40-27-22-36-24-28-43-41-15-7-6-13-35(41)23-29-44(43)45(36)31-40/h1-31H. The normalized spacial score (nSPS) is 11.4. The van der Waals surface area contributed by atoms with Crippen molar-refractivity contribution in [2.75, 3.05) is 4.90 Å². The lowest BCUT2D eigenvalue weighted by Gasteiger charge is -2.28. The predicted octanol–water partition coefficient (Wildman–Crippen LogP) is 13.1. The third-order valence-corrected chi connectivity index (χ3v) is 9.42. The zero-order valence-corrected chi connectivity index (χ0v) is 25.8. The summed E-state index contributed by atoms with van der Waals surface area (Å²) in [6.07, 6.45) is 0. The van der Waals surface area contributed by atoms with Gasteiger partial charge in [-0.1, -0.05) is 152 Å². The monoisotopic (exact) mass is 597 g/mol. The fraction of sp³-hybridized carbons (Fsp3) is 0. The van der Waals surface area contributed by atoms with Gasteiger partial charge in [0.25, 0.3) is 0 Å². The van der Waals surface area contributed by atoms with Gasteiger partial charge in [0.05, 0.1) is 5.69 Å². The van der Waals surface area contributed by atoms with E-state index in [-0.39, 0.29) is 0 Å². The third-order valence-electron chi connectivity index (χ3n) is 9.42. The average molecular weight is 598 g/mol. The van der Waals surface area contributed by atoms with E-state index in [0.717, 1.165) is 17.1 Å². The molecule has 0 aromatic heterocycles.